The molecule has 6 nitrogen and oxygen atoms in total. The molecule has 1 N–H and O–H groups in total. The highest BCUT2D eigenvalue weighted by Gasteiger charge is 2.18. The second kappa shape index (κ2) is 7.56. The second-order valence-corrected chi connectivity index (χ2v) is 7.01. The van der Waals surface area contributed by atoms with Gasteiger partial charge in [-0.25, -0.2) is 14.6 Å². The van der Waals surface area contributed by atoms with Crippen LogP contribution in [0.15, 0.2) is 48.7 Å². The van der Waals surface area contributed by atoms with Gasteiger partial charge in [0.05, 0.1) is 23.0 Å². The van der Waals surface area contributed by atoms with Gasteiger partial charge in [0.2, 0.25) is 0 Å². The highest BCUT2D eigenvalue weighted by Crippen LogP contribution is 2.33. The number of fused-ring (bicyclic) bond motifs is 3. The third-order valence-electron chi connectivity index (χ3n) is 4.05. The van der Waals surface area contributed by atoms with Crippen LogP contribution in [0, 0.1) is 0 Å². The Balaban J connectivity index is 1.71. The average Bonchev–Trinajstić information content (AvgIpc) is 3.22. The van der Waals surface area contributed by atoms with Crippen LogP contribution < -0.4 is 9.57 Å². The number of nitrogens with one attached hydrogen (secondary N) is 1. The van der Waals surface area contributed by atoms with Crippen molar-refractivity contribution in [3.8, 4) is 11.5 Å². The van der Waals surface area contributed by atoms with E-state index in [1.165, 1.54) is 11.3 Å². The average molecular weight is 402 g/mol. The van der Waals surface area contributed by atoms with Gasteiger partial charge in [-0.1, -0.05) is 29.5 Å². The molecular formula is C19H16ClN3O3S. The van der Waals surface area contributed by atoms with E-state index in [2.05, 4.69) is 9.82 Å². The molecule has 0 aliphatic heterocycles. The van der Waals surface area contributed by atoms with E-state index in [0.29, 0.717) is 24.6 Å². The third kappa shape index (κ3) is 3.37. The van der Waals surface area contributed by atoms with Gasteiger partial charge in [0, 0.05) is 18.2 Å². The van der Waals surface area contributed by atoms with Crippen molar-refractivity contribution in [2.45, 2.75) is 13.5 Å². The van der Waals surface area contributed by atoms with Crippen molar-refractivity contribution >= 4 is 44.3 Å². The van der Waals surface area contributed by atoms with Crippen molar-refractivity contribution in [3.05, 3.63) is 59.9 Å². The Bertz CT molecular complexity index is 1120. The summed E-state index contributed by atoms with van der Waals surface area (Å²) in [6, 6.07) is 13.4. The zero-order valence-corrected chi connectivity index (χ0v) is 16.0. The number of rotatable bonds is 6. The molecule has 0 unspecified atom stereocenters. The van der Waals surface area contributed by atoms with Crippen LogP contribution in [0.25, 0.3) is 15.2 Å². The number of nitrogens with zero attached hydrogens (tertiary/aromatic N) is 2. The van der Waals surface area contributed by atoms with Gasteiger partial charge in [-0.3, -0.25) is 4.40 Å². The summed E-state index contributed by atoms with van der Waals surface area (Å²) in [6.45, 7) is 2.60. The van der Waals surface area contributed by atoms with Crippen LogP contribution in [0.5, 0.6) is 11.5 Å². The van der Waals surface area contributed by atoms with Gasteiger partial charge in [-0.15, -0.1) is 0 Å². The molecule has 0 amide bonds. The molecule has 2 aromatic carbocycles. The fourth-order valence-electron chi connectivity index (χ4n) is 2.86. The van der Waals surface area contributed by atoms with Crippen molar-refractivity contribution in [1.29, 1.82) is 0 Å². The molecule has 0 atom stereocenters. The molecule has 0 aliphatic carbocycles. The largest absolute Gasteiger partial charge is 0.461 e. The predicted molar refractivity (Wildman–Crippen MR) is 106 cm³/mol. The molecule has 8 heteroatoms. The summed E-state index contributed by atoms with van der Waals surface area (Å²) in [4.78, 5) is 19.8. The Morgan fingerprint density at radius 2 is 2.15 bits per heavy atom. The van der Waals surface area contributed by atoms with Gasteiger partial charge in [-0.2, -0.15) is 0 Å². The number of esters is 1. The van der Waals surface area contributed by atoms with Gasteiger partial charge in [0.15, 0.2) is 10.7 Å². The number of thiazole rings is 1. The first-order valence-electron chi connectivity index (χ1n) is 8.37. The van der Waals surface area contributed by atoms with E-state index in [1.807, 2.05) is 46.9 Å². The van der Waals surface area contributed by atoms with Crippen molar-refractivity contribution in [2.24, 2.45) is 0 Å². The smallest absolute Gasteiger partial charge is 0.357 e. The van der Waals surface area contributed by atoms with E-state index in [-0.39, 0.29) is 5.97 Å². The van der Waals surface area contributed by atoms with Crippen LogP contribution in [0.1, 0.15) is 23.0 Å². The number of benzene rings is 2. The SMILES string of the molecule is CCOC(=O)c1cnc2sc3cc(Oc4ccccc4CNCl)ccc3n12. The summed E-state index contributed by atoms with van der Waals surface area (Å²) < 4.78 is 13.9. The number of hydrogen-bond donors (Lipinski definition) is 1. The number of imidazole rings is 1. The normalized spacial score (nSPS) is 11.2. The number of carbonyl (C=O) groups is 1. The molecule has 2 heterocycles. The fraction of sp³-hybridized carbons (Fsp3) is 0.158. The Hall–Kier alpha value is -2.61. The maximum Gasteiger partial charge on any atom is 0.357 e. The maximum atomic E-state index is 12.1. The lowest BCUT2D eigenvalue weighted by molar-refractivity contribution is 0.0519. The maximum absolute atomic E-state index is 12.1. The summed E-state index contributed by atoms with van der Waals surface area (Å²) in [7, 11) is 0. The molecule has 27 heavy (non-hydrogen) atoms. The Kier molecular flexibility index (Phi) is 4.98. The lowest BCUT2D eigenvalue weighted by Gasteiger charge is -2.10. The van der Waals surface area contributed by atoms with Crippen molar-refractivity contribution in [1.82, 2.24) is 14.2 Å². The number of halogens is 1. The molecule has 4 rings (SSSR count). The highest BCUT2D eigenvalue weighted by molar-refractivity contribution is 7.23. The molecule has 4 aromatic rings. The first-order valence-corrected chi connectivity index (χ1v) is 9.57. The minimum atomic E-state index is -0.382. The lowest BCUT2D eigenvalue weighted by Crippen LogP contribution is -2.07. The summed E-state index contributed by atoms with van der Waals surface area (Å²) >= 11 is 7.12. The molecular weight excluding hydrogens is 386 g/mol. The summed E-state index contributed by atoms with van der Waals surface area (Å²) in [5.41, 5.74) is 2.27. The molecule has 0 bridgehead atoms. The summed E-state index contributed by atoms with van der Waals surface area (Å²) in [5.74, 6) is 1.05. The highest BCUT2D eigenvalue weighted by atomic mass is 35.5. The number of carbonyl (C=O) groups excluding carboxylic acids is 1. The fourth-order valence-corrected chi connectivity index (χ4v) is 4.03. The van der Waals surface area contributed by atoms with Gasteiger partial charge in [0.1, 0.15) is 11.5 Å². The second-order valence-electron chi connectivity index (χ2n) is 5.73. The monoisotopic (exact) mass is 401 g/mol. The minimum Gasteiger partial charge on any atom is -0.461 e. The Labute approximate surface area is 164 Å². The molecule has 0 fully saturated rings. The number of ether oxygens (including phenoxy) is 2. The number of aromatic nitrogens is 2. The number of hydrogen-bond acceptors (Lipinski definition) is 6. The van der Waals surface area contributed by atoms with Crippen LogP contribution in [-0.4, -0.2) is 22.0 Å². The quantitative estimate of drug-likeness (QED) is 0.372. The van der Waals surface area contributed by atoms with E-state index < -0.39 is 0 Å². The molecule has 0 saturated carbocycles. The van der Waals surface area contributed by atoms with Crippen LogP contribution in [-0.2, 0) is 11.3 Å². The van der Waals surface area contributed by atoms with Gasteiger partial charge >= 0.3 is 5.97 Å². The molecule has 0 radical (unpaired) electrons. The van der Waals surface area contributed by atoms with Gasteiger partial charge in [0.25, 0.3) is 0 Å². The zero-order chi connectivity index (χ0) is 18.8. The van der Waals surface area contributed by atoms with Crippen LogP contribution in [0.3, 0.4) is 0 Å². The standard InChI is InChI=1S/C19H16ClN3O3S/c1-2-25-18(24)15-11-21-19-23(15)14-8-7-13(9-17(14)27-19)26-16-6-4-3-5-12(16)10-22-20/h3-9,11,22H,2,10H2,1H3. The Morgan fingerprint density at radius 1 is 1.30 bits per heavy atom. The first kappa shape index (κ1) is 17.8. The zero-order valence-electron chi connectivity index (χ0n) is 14.4. The molecule has 0 spiro atoms. The van der Waals surface area contributed by atoms with E-state index >= 15 is 0 Å². The summed E-state index contributed by atoms with van der Waals surface area (Å²) in [6.07, 6.45) is 1.54. The van der Waals surface area contributed by atoms with E-state index in [9.17, 15) is 4.79 Å². The lowest BCUT2D eigenvalue weighted by atomic mass is 10.2. The van der Waals surface area contributed by atoms with Crippen LogP contribution in [0.4, 0.5) is 0 Å². The molecule has 138 valence electrons. The molecule has 0 saturated heterocycles. The summed E-state index contributed by atoms with van der Waals surface area (Å²) in [5, 5.41) is 0. The topological polar surface area (TPSA) is 64.9 Å². The molecule has 2 aromatic heterocycles. The van der Waals surface area contributed by atoms with E-state index in [4.69, 9.17) is 21.3 Å². The number of para-hydroxylation sites is 1. The van der Waals surface area contributed by atoms with E-state index in [0.717, 1.165) is 26.5 Å². The Morgan fingerprint density at radius 3 is 2.96 bits per heavy atom. The molecule has 0 aliphatic rings. The van der Waals surface area contributed by atoms with Crippen molar-refractivity contribution in [2.75, 3.05) is 6.61 Å². The van der Waals surface area contributed by atoms with Crippen molar-refractivity contribution < 1.29 is 14.3 Å². The van der Waals surface area contributed by atoms with E-state index in [1.54, 1.807) is 13.1 Å². The van der Waals surface area contributed by atoms with Crippen LogP contribution in [0.2, 0.25) is 0 Å². The van der Waals surface area contributed by atoms with Crippen molar-refractivity contribution in [3.63, 3.8) is 0 Å². The van der Waals surface area contributed by atoms with Crippen LogP contribution >= 0.6 is 23.1 Å². The van der Waals surface area contributed by atoms with Gasteiger partial charge in [-0.05, 0) is 36.9 Å². The van der Waals surface area contributed by atoms with Gasteiger partial charge < -0.3 is 9.47 Å². The predicted octanol–water partition coefficient (Wildman–Crippen LogP) is 4.76. The minimum absolute atomic E-state index is 0.322. The third-order valence-corrected chi connectivity index (χ3v) is 5.20. The first-order chi connectivity index (χ1) is 13.2.